The van der Waals surface area contributed by atoms with Crippen molar-refractivity contribution in [3.63, 3.8) is 0 Å². The third-order valence-electron chi connectivity index (χ3n) is 4.46. The zero-order chi connectivity index (χ0) is 18.6. The third kappa shape index (κ3) is 4.71. The van der Waals surface area contributed by atoms with Gasteiger partial charge in [0.15, 0.2) is 0 Å². The molecule has 26 heavy (non-hydrogen) atoms. The fourth-order valence-electron chi connectivity index (χ4n) is 3.04. The first-order valence-electron chi connectivity index (χ1n) is 8.56. The maximum absolute atomic E-state index is 13.2. The van der Waals surface area contributed by atoms with Gasteiger partial charge in [0.05, 0.1) is 16.2 Å². The van der Waals surface area contributed by atoms with Crippen LogP contribution in [0.5, 0.6) is 11.6 Å². The first-order valence-corrected chi connectivity index (χ1v) is 8.94. The summed E-state index contributed by atoms with van der Waals surface area (Å²) in [6.07, 6.45) is 4.37. The number of benzene rings is 1. The summed E-state index contributed by atoms with van der Waals surface area (Å²) >= 11 is 6.12. The van der Waals surface area contributed by atoms with E-state index in [1.165, 1.54) is 30.3 Å². The maximum atomic E-state index is 13.2. The van der Waals surface area contributed by atoms with Gasteiger partial charge in [-0.1, -0.05) is 36.9 Å². The minimum atomic E-state index is -0.861. The fourth-order valence-corrected chi connectivity index (χ4v) is 3.24. The van der Waals surface area contributed by atoms with Gasteiger partial charge in [0.1, 0.15) is 5.75 Å². The summed E-state index contributed by atoms with van der Waals surface area (Å²) < 4.78 is 18.6. The Balaban J connectivity index is 1.69. The number of hydrogen-bond acceptors (Lipinski definition) is 4. The van der Waals surface area contributed by atoms with Crippen molar-refractivity contribution >= 4 is 17.5 Å². The van der Waals surface area contributed by atoms with Crippen LogP contribution in [0.15, 0.2) is 36.4 Å². The van der Waals surface area contributed by atoms with E-state index in [0.29, 0.717) is 18.6 Å². The van der Waals surface area contributed by atoms with Gasteiger partial charge in [0, 0.05) is 12.6 Å². The van der Waals surface area contributed by atoms with Crippen LogP contribution < -0.4 is 10.1 Å². The number of aromatic nitrogens is 1. The van der Waals surface area contributed by atoms with Gasteiger partial charge in [-0.2, -0.15) is 9.37 Å². The lowest BCUT2D eigenvalue weighted by atomic mass is 9.85. The Labute approximate surface area is 156 Å². The van der Waals surface area contributed by atoms with Crippen LogP contribution in [-0.4, -0.2) is 28.1 Å². The van der Waals surface area contributed by atoms with E-state index in [1.54, 1.807) is 6.07 Å². The van der Waals surface area contributed by atoms with Crippen LogP contribution in [0.2, 0.25) is 5.02 Å². The average Bonchev–Trinajstić information content (AvgIpc) is 2.62. The van der Waals surface area contributed by atoms with Gasteiger partial charge in [0.25, 0.3) is 5.91 Å². The van der Waals surface area contributed by atoms with Crippen LogP contribution in [0, 0.1) is 5.95 Å². The molecule has 1 saturated carbocycles. The van der Waals surface area contributed by atoms with Gasteiger partial charge < -0.3 is 15.2 Å². The highest BCUT2D eigenvalue weighted by atomic mass is 35.5. The number of rotatable bonds is 5. The Hall–Kier alpha value is -2.18. The number of carbonyl (C=O) groups excluding carboxylic acids is 1. The number of hydrogen-bond donors (Lipinski definition) is 2. The number of aliphatic hydroxyl groups is 1. The number of nitrogens with one attached hydrogen (secondary N) is 1. The molecule has 3 rings (SSSR count). The van der Waals surface area contributed by atoms with E-state index >= 15 is 0 Å². The van der Waals surface area contributed by atoms with Gasteiger partial charge in [-0.25, -0.2) is 0 Å². The molecule has 0 bridgehead atoms. The molecule has 1 amide bonds. The van der Waals surface area contributed by atoms with Crippen molar-refractivity contribution in [2.24, 2.45) is 0 Å². The molecule has 1 aromatic carbocycles. The lowest BCUT2D eigenvalue weighted by Crippen LogP contribution is -2.44. The number of ether oxygens (including phenoxy) is 1. The summed E-state index contributed by atoms with van der Waals surface area (Å²) in [4.78, 5) is 16.1. The van der Waals surface area contributed by atoms with Crippen molar-refractivity contribution in [2.45, 2.75) is 37.7 Å². The molecule has 1 heterocycles. The van der Waals surface area contributed by atoms with Crippen LogP contribution in [0.3, 0.4) is 0 Å². The number of nitrogens with zero attached hydrogens (tertiary/aromatic N) is 1. The lowest BCUT2D eigenvalue weighted by Gasteiger charge is -2.32. The number of amides is 1. The molecular weight excluding hydrogens is 359 g/mol. The molecule has 0 atom stereocenters. The zero-order valence-electron chi connectivity index (χ0n) is 14.2. The van der Waals surface area contributed by atoms with Crippen LogP contribution >= 0.6 is 11.6 Å². The molecule has 2 N–H and O–H groups in total. The Morgan fingerprint density at radius 2 is 2.04 bits per heavy atom. The lowest BCUT2D eigenvalue weighted by molar-refractivity contribution is 0.00526. The van der Waals surface area contributed by atoms with E-state index < -0.39 is 17.5 Å². The third-order valence-corrected chi connectivity index (χ3v) is 4.79. The smallest absolute Gasteiger partial charge is 0.253 e. The van der Waals surface area contributed by atoms with Crippen molar-refractivity contribution in [3.8, 4) is 11.6 Å². The standard InChI is InChI=1S/C19H20ClFN2O3/c20-15-8-7-13(26-17-6-4-5-16(21)23-17)11-14(15)18(24)22-12-19(25)9-2-1-3-10-19/h4-8,11,25H,1-3,9-10,12H2,(H,22,24). The second-order valence-electron chi connectivity index (χ2n) is 6.51. The molecule has 1 fully saturated rings. The Kier molecular flexibility index (Phi) is 5.74. The first-order chi connectivity index (χ1) is 12.5. The van der Waals surface area contributed by atoms with Gasteiger partial charge in [0.2, 0.25) is 11.8 Å². The summed E-state index contributed by atoms with van der Waals surface area (Å²) in [5.74, 6) is -0.661. The highest BCUT2D eigenvalue weighted by Crippen LogP contribution is 2.28. The highest BCUT2D eigenvalue weighted by Gasteiger charge is 2.29. The second-order valence-corrected chi connectivity index (χ2v) is 6.92. The second kappa shape index (κ2) is 8.01. The molecule has 7 heteroatoms. The molecular formula is C19H20ClFN2O3. The summed E-state index contributed by atoms with van der Waals surface area (Å²) in [5.41, 5.74) is -0.639. The average molecular weight is 379 g/mol. The van der Waals surface area contributed by atoms with Crippen molar-refractivity contribution in [3.05, 3.63) is 52.9 Å². The summed E-state index contributed by atoms with van der Waals surface area (Å²) in [7, 11) is 0. The van der Waals surface area contributed by atoms with Crippen LogP contribution in [0.25, 0.3) is 0 Å². The number of halogens is 2. The SMILES string of the molecule is O=C(NCC1(O)CCCCC1)c1cc(Oc2cccc(F)n2)ccc1Cl. The van der Waals surface area contributed by atoms with E-state index in [1.807, 2.05) is 0 Å². The zero-order valence-corrected chi connectivity index (χ0v) is 14.9. The van der Waals surface area contributed by atoms with E-state index in [0.717, 1.165) is 19.3 Å². The van der Waals surface area contributed by atoms with Gasteiger partial charge in [-0.15, -0.1) is 0 Å². The quantitative estimate of drug-likeness (QED) is 0.769. The monoisotopic (exact) mass is 378 g/mol. The van der Waals surface area contributed by atoms with Crippen molar-refractivity contribution in [2.75, 3.05) is 6.54 Å². The van der Waals surface area contributed by atoms with E-state index in [9.17, 15) is 14.3 Å². The number of carbonyl (C=O) groups is 1. The predicted octanol–water partition coefficient (Wildman–Crippen LogP) is 4.09. The Bertz CT molecular complexity index is 794. The van der Waals surface area contributed by atoms with E-state index in [-0.39, 0.29) is 23.0 Å². The minimum Gasteiger partial charge on any atom is -0.439 e. The Morgan fingerprint density at radius 3 is 2.77 bits per heavy atom. The Morgan fingerprint density at radius 1 is 1.27 bits per heavy atom. The molecule has 138 valence electrons. The molecule has 1 aliphatic rings. The molecule has 1 aromatic heterocycles. The van der Waals surface area contributed by atoms with Crippen molar-refractivity contribution in [1.29, 1.82) is 0 Å². The topological polar surface area (TPSA) is 71.5 Å². The minimum absolute atomic E-state index is 0.0789. The number of pyridine rings is 1. The largest absolute Gasteiger partial charge is 0.439 e. The molecule has 0 unspecified atom stereocenters. The summed E-state index contributed by atoms with van der Waals surface area (Å²) in [6, 6.07) is 8.77. The van der Waals surface area contributed by atoms with Crippen molar-refractivity contribution in [1.82, 2.24) is 10.3 Å². The van der Waals surface area contributed by atoms with E-state index in [4.69, 9.17) is 16.3 Å². The van der Waals surface area contributed by atoms with Crippen LogP contribution in [0.1, 0.15) is 42.5 Å². The van der Waals surface area contributed by atoms with Crippen LogP contribution in [0.4, 0.5) is 4.39 Å². The molecule has 2 aromatic rings. The molecule has 0 saturated heterocycles. The van der Waals surface area contributed by atoms with Gasteiger partial charge in [-0.3, -0.25) is 4.79 Å². The van der Waals surface area contributed by atoms with E-state index in [2.05, 4.69) is 10.3 Å². The molecule has 0 aliphatic heterocycles. The maximum Gasteiger partial charge on any atom is 0.253 e. The van der Waals surface area contributed by atoms with Crippen LogP contribution in [-0.2, 0) is 0 Å². The fraction of sp³-hybridized carbons (Fsp3) is 0.368. The highest BCUT2D eigenvalue weighted by molar-refractivity contribution is 6.33. The predicted molar refractivity (Wildman–Crippen MR) is 96.1 cm³/mol. The first kappa shape index (κ1) is 18.6. The summed E-state index contributed by atoms with van der Waals surface area (Å²) in [6.45, 7) is 0.179. The van der Waals surface area contributed by atoms with Crippen molar-refractivity contribution < 1.29 is 19.0 Å². The van der Waals surface area contributed by atoms with Gasteiger partial charge >= 0.3 is 0 Å². The summed E-state index contributed by atoms with van der Waals surface area (Å²) in [5, 5.41) is 13.5. The van der Waals surface area contributed by atoms with Gasteiger partial charge in [-0.05, 0) is 37.1 Å². The molecule has 0 spiro atoms. The molecule has 1 aliphatic carbocycles. The molecule has 5 nitrogen and oxygen atoms in total. The molecule has 0 radical (unpaired) electrons. The normalized spacial score (nSPS) is 16.1.